The molecular formula is C9H16O6. The molecule has 2 fully saturated rings. The summed E-state index contributed by atoms with van der Waals surface area (Å²) in [4.78, 5) is 0. The Balaban J connectivity index is 2.24. The van der Waals surface area contributed by atoms with Gasteiger partial charge in [-0.1, -0.05) is 0 Å². The van der Waals surface area contributed by atoms with Crippen LogP contribution in [0.2, 0.25) is 0 Å². The van der Waals surface area contributed by atoms with Crippen LogP contribution in [0, 0.1) is 0 Å². The fourth-order valence-electron chi connectivity index (χ4n) is 2.14. The first-order chi connectivity index (χ1) is 6.94. The summed E-state index contributed by atoms with van der Waals surface area (Å²) in [6.45, 7) is 2.58. The molecule has 2 rings (SSSR count). The lowest BCUT2D eigenvalue weighted by Gasteiger charge is -2.26. The number of fused-ring (bicyclic) bond motifs is 1. The van der Waals surface area contributed by atoms with Crippen molar-refractivity contribution in [1.29, 1.82) is 0 Å². The van der Waals surface area contributed by atoms with Crippen molar-refractivity contribution in [2.45, 2.75) is 43.7 Å². The van der Waals surface area contributed by atoms with Gasteiger partial charge < -0.3 is 29.5 Å². The van der Waals surface area contributed by atoms with Crippen molar-refractivity contribution in [1.82, 2.24) is 0 Å². The quantitative estimate of drug-likeness (QED) is 0.529. The topological polar surface area (TPSA) is 88.4 Å². The average molecular weight is 220 g/mol. The van der Waals surface area contributed by atoms with E-state index >= 15 is 0 Å². The molecule has 0 aliphatic carbocycles. The second-order valence-corrected chi connectivity index (χ2v) is 4.34. The lowest BCUT2D eigenvalue weighted by molar-refractivity contribution is -0.276. The van der Waals surface area contributed by atoms with E-state index in [9.17, 15) is 10.2 Å². The molecule has 4 atom stereocenters. The Kier molecular flexibility index (Phi) is 2.53. The van der Waals surface area contributed by atoms with Crippen LogP contribution in [0.15, 0.2) is 0 Å². The second kappa shape index (κ2) is 3.38. The highest BCUT2D eigenvalue weighted by Gasteiger charge is 2.64. The van der Waals surface area contributed by atoms with Gasteiger partial charge in [0.05, 0.1) is 6.61 Å². The minimum absolute atomic E-state index is 0.341. The van der Waals surface area contributed by atoms with Crippen LogP contribution < -0.4 is 0 Å². The summed E-state index contributed by atoms with van der Waals surface area (Å²) in [5.41, 5.74) is 0. The molecule has 3 N–H and O–H groups in total. The predicted octanol–water partition coefficient (Wildman–Crippen LogP) is -1.42. The van der Waals surface area contributed by atoms with Gasteiger partial charge in [-0.05, 0) is 13.8 Å². The number of aliphatic hydroxyl groups excluding tert-OH is 3. The Bertz CT molecular complexity index is 255. The number of hydrogen-bond acceptors (Lipinski definition) is 6. The minimum Gasteiger partial charge on any atom is -0.394 e. The Hall–Kier alpha value is -0.240. The largest absolute Gasteiger partial charge is 0.394 e. The van der Waals surface area contributed by atoms with Crippen molar-refractivity contribution < 1.29 is 29.5 Å². The van der Waals surface area contributed by atoms with E-state index in [-0.39, 0.29) is 6.61 Å². The zero-order valence-corrected chi connectivity index (χ0v) is 8.71. The first-order valence-corrected chi connectivity index (χ1v) is 4.90. The zero-order valence-electron chi connectivity index (χ0n) is 8.71. The van der Waals surface area contributed by atoms with Gasteiger partial charge in [0.2, 0.25) is 5.79 Å². The lowest BCUT2D eigenvalue weighted by Crippen LogP contribution is -2.43. The molecule has 6 nitrogen and oxygen atoms in total. The molecule has 0 unspecified atom stereocenters. The molecule has 0 amide bonds. The van der Waals surface area contributed by atoms with Crippen molar-refractivity contribution in [2.75, 3.05) is 13.2 Å². The molecule has 0 aromatic carbocycles. The first kappa shape index (κ1) is 11.3. The van der Waals surface area contributed by atoms with E-state index in [1.165, 1.54) is 0 Å². The molecule has 0 saturated carbocycles. The van der Waals surface area contributed by atoms with Crippen LogP contribution in [0.4, 0.5) is 0 Å². The highest BCUT2D eigenvalue weighted by Crippen LogP contribution is 2.44. The van der Waals surface area contributed by atoms with Gasteiger partial charge in [-0.3, -0.25) is 0 Å². The summed E-state index contributed by atoms with van der Waals surface area (Å²) in [6, 6.07) is 0. The van der Waals surface area contributed by atoms with Crippen molar-refractivity contribution in [2.24, 2.45) is 0 Å². The van der Waals surface area contributed by atoms with E-state index in [1.807, 2.05) is 0 Å². The normalized spacial score (nSPS) is 48.2. The van der Waals surface area contributed by atoms with Crippen LogP contribution in [-0.2, 0) is 14.2 Å². The molecule has 2 heterocycles. The molecule has 2 aliphatic heterocycles. The van der Waals surface area contributed by atoms with Gasteiger partial charge in [-0.15, -0.1) is 0 Å². The number of rotatable bonds is 2. The molecule has 2 saturated heterocycles. The van der Waals surface area contributed by atoms with E-state index < -0.39 is 36.5 Å². The van der Waals surface area contributed by atoms with E-state index in [1.54, 1.807) is 13.8 Å². The Morgan fingerprint density at radius 1 is 1.20 bits per heavy atom. The minimum atomic E-state index is -1.35. The maximum atomic E-state index is 9.79. The van der Waals surface area contributed by atoms with Crippen molar-refractivity contribution >= 4 is 0 Å². The molecule has 0 spiro atoms. The molecule has 0 aromatic rings. The van der Waals surface area contributed by atoms with Crippen LogP contribution in [0.1, 0.15) is 13.8 Å². The van der Waals surface area contributed by atoms with Gasteiger partial charge in [0.15, 0.2) is 5.79 Å². The molecule has 0 aromatic heterocycles. The van der Waals surface area contributed by atoms with Gasteiger partial charge in [-0.2, -0.15) is 0 Å². The van der Waals surface area contributed by atoms with Gasteiger partial charge in [0.25, 0.3) is 0 Å². The maximum absolute atomic E-state index is 9.79. The van der Waals surface area contributed by atoms with Crippen molar-refractivity contribution in [3.8, 4) is 0 Å². The van der Waals surface area contributed by atoms with Crippen LogP contribution >= 0.6 is 0 Å². The summed E-state index contributed by atoms with van der Waals surface area (Å²) in [5.74, 6) is -2.26. The molecule has 15 heavy (non-hydrogen) atoms. The van der Waals surface area contributed by atoms with Gasteiger partial charge in [0, 0.05) is 0 Å². The van der Waals surface area contributed by atoms with Gasteiger partial charge in [0.1, 0.15) is 24.9 Å². The van der Waals surface area contributed by atoms with Crippen molar-refractivity contribution in [3.63, 3.8) is 0 Å². The van der Waals surface area contributed by atoms with E-state index in [4.69, 9.17) is 19.3 Å². The third-order valence-corrected chi connectivity index (χ3v) is 2.71. The zero-order chi connectivity index (χ0) is 11.3. The van der Waals surface area contributed by atoms with Gasteiger partial charge in [-0.25, -0.2) is 0 Å². The van der Waals surface area contributed by atoms with Crippen molar-refractivity contribution in [3.05, 3.63) is 0 Å². The van der Waals surface area contributed by atoms with E-state index in [0.717, 1.165) is 0 Å². The van der Waals surface area contributed by atoms with Gasteiger partial charge >= 0.3 is 0 Å². The van der Waals surface area contributed by atoms with E-state index in [0.29, 0.717) is 0 Å². The molecule has 0 radical (unpaired) electrons. The average Bonchev–Trinajstić information content (AvgIpc) is 2.58. The molecular weight excluding hydrogens is 204 g/mol. The highest BCUT2D eigenvalue weighted by atomic mass is 16.9. The Morgan fingerprint density at radius 3 is 2.33 bits per heavy atom. The summed E-state index contributed by atoms with van der Waals surface area (Å²) < 4.78 is 16.2. The maximum Gasteiger partial charge on any atom is 0.224 e. The highest BCUT2D eigenvalue weighted by molar-refractivity contribution is 5.02. The third kappa shape index (κ3) is 1.57. The molecule has 6 heteroatoms. The van der Waals surface area contributed by atoms with Crippen LogP contribution in [0.3, 0.4) is 0 Å². The summed E-state index contributed by atoms with van der Waals surface area (Å²) in [7, 11) is 0. The predicted molar refractivity (Wildman–Crippen MR) is 47.8 cm³/mol. The number of aliphatic hydroxyl groups is 3. The fourth-order valence-corrected chi connectivity index (χ4v) is 2.14. The number of hydrogen-bond donors (Lipinski definition) is 3. The molecule has 88 valence electrons. The Labute approximate surface area is 87.4 Å². The molecule has 2 aliphatic rings. The monoisotopic (exact) mass is 220 g/mol. The van der Waals surface area contributed by atoms with Crippen LogP contribution in [-0.4, -0.2) is 58.4 Å². The second-order valence-electron chi connectivity index (χ2n) is 4.34. The SMILES string of the molecule is CC1(C)O[C@@H]2[C@@H](O)[C@H](CO)O[C@@]2(CO)O1. The summed E-state index contributed by atoms with van der Waals surface area (Å²) in [5, 5.41) is 28.0. The first-order valence-electron chi connectivity index (χ1n) is 4.90. The van der Waals surface area contributed by atoms with Crippen LogP contribution in [0.5, 0.6) is 0 Å². The number of ether oxygens (including phenoxy) is 3. The third-order valence-electron chi connectivity index (χ3n) is 2.71. The fraction of sp³-hybridized carbons (Fsp3) is 1.00. The van der Waals surface area contributed by atoms with E-state index in [2.05, 4.69) is 0 Å². The molecule has 0 bridgehead atoms. The Morgan fingerprint density at radius 2 is 1.87 bits per heavy atom. The van der Waals surface area contributed by atoms with Crippen LogP contribution in [0.25, 0.3) is 0 Å². The summed E-state index contributed by atoms with van der Waals surface area (Å²) in [6.07, 6.45) is -2.54. The standard InChI is InChI=1S/C9H16O6/c1-8(2)14-7-6(12)5(3-10)13-9(7,4-11)15-8/h5-7,10-12H,3-4H2,1-2H3/t5-,6-,7+,9-/m0/s1. The lowest BCUT2D eigenvalue weighted by atomic mass is 10.1. The smallest absolute Gasteiger partial charge is 0.224 e. The summed E-state index contributed by atoms with van der Waals surface area (Å²) >= 11 is 0.